The molecule has 0 aliphatic carbocycles. The Morgan fingerprint density at radius 2 is 2.12 bits per heavy atom. The SMILES string of the molecule is C=CCc1c(C)c(C#N)c2[nH]c3ccccc3[n+]2c1NCC[NH+](C)C. The minimum Gasteiger partial charge on any atom is -0.337 e. The molecule has 5 heteroatoms. The summed E-state index contributed by atoms with van der Waals surface area (Å²) in [6.45, 7) is 7.79. The molecule has 0 aliphatic heterocycles. The lowest BCUT2D eigenvalue weighted by molar-refractivity contribution is -0.856. The van der Waals surface area contributed by atoms with Crippen molar-refractivity contribution in [3.63, 3.8) is 0 Å². The van der Waals surface area contributed by atoms with Gasteiger partial charge in [0.1, 0.15) is 35.8 Å². The van der Waals surface area contributed by atoms with E-state index >= 15 is 0 Å². The molecule has 0 saturated heterocycles. The highest BCUT2D eigenvalue weighted by Crippen LogP contribution is 2.25. The first-order chi connectivity index (χ1) is 12.1. The summed E-state index contributed by atoms with van der Waals surface area (Å²) in [5.74, 6) is 1.05. The van der Waals surface area contributed by atoms with Crippen molar-refractivity contribution in [1.29, 1.82) is 5.26 Å². The molecule has 25 heavy (non-hydrogen) atoms. The lowest BCUT2D eigenvalue weighted by Gasteiger charge is -2.13. The van der Waals surface area contributed by atoms with Gasteiger partial charge in [-0.1, -0.05) is 18.2 Å². The van der Waals surface area contributed by atoms with E-state index in [0.29, 0.717) is 5.56 Å². The quantitative estimate of drug-likeness (QED) is 0.471. The fourth-order valence-corrected chi connectivity index (χ4v) is 3.27. The van der Waals surface area contributed by atoms with Crippen LogP contribution in [0.4, 0.5) is 5.82 Å². The van der Waals surface area contributed by atoms with Crippen LogP contribution in [0.15, 0.2) is 36.9 Å². The van der Waals surface area contributed by atoms with Gasteiger partial charge in [0.25, 0.3) is 0 Å². The Kier molecular flexibility index (Phi) is 4.73. The second kappa shape index (κ2) is 6.96. The van der Waals surface area contributed by atoms with Crippen LogP contribution in [0.5, 0.6) is 0 Å². The predicted molar refractivity (Wildman–Crippen MR) is 101 cm³/mol. The molecule has 2 aromatic heterocycles. The number of imidazole rings is 1. The van der Waals surface area contributed by atoms with Gasteiger partial charge in [-0.25, -0.2) is 0 Å². The second-order valence-electron chi connectivity index (χ2n) is 6.64. The molecule has 0 spiro atoms. The maximum Gasteiger partial charge on any atom is 0.250 e. The Bertz CT molecular complexity index is 975. The Morgan fingerprint density at radius 1 is 1.36 bits per heavy atom. The number of nitrogens with zero attached hydrogens (tertiary/aromatic N) is 2. The number of pyridine rings is 1. The second-order valence-corrected chi connectivity index (χ2v) is 6.64. The zero-order valence-corrected chi connectivity index (χ0v) is 15.1. The van der Waals surface area contributed by atoms with E-state index in [0.717, 1.165) is 53.1 Å². The van der Waals surface area contributed by atoms with E-state index in [4.69, 9.17) is 0 Å². The standard InChI is InChI=1S/C20H23N5/c1-5-8-15-14(2)16(13-21)20-23-17-9-6-7-10-18(17)25(20)19(15)22-11-12-24(3)4/h5-7,9-10H,1,8,11-12H2,2-4H3,(H,22,23)/p+2. The van der Waals surface area contributed by atoms with Gasteiger partial charge in [-0.2, -0.15) is 9.66 Å². The van der Waals surface area contributed by atoms with Gasteiger partial charge in [0.05, 0.1) is 14.1 Å². The lowest BCUT2D eigenvalue weighted by atomic mass is 10.0. The number of H-pyrrole nitrogens is 1. The number of quaternary nitrogens is 1. The third-order valence-electron chi connectivity index (χ3n) is 4.57. The van der Waals surface area contributed by atoms with Gasteiger partial charge in [-0.05, 0) is 31.0 Å². The summed E-state index contributed by atoms with van der Waals surface area (Å²) in [4.78, 5) is 4.81. The number of rotatable bonds is 6. The molecule has 3 aromatic rings. The van der Waals surface area contributed by atoms with E-state index in [2.05, 4.69) is 47.5 Å². The van der Waals surface area contributed by atoms with Gasteiger partial charge in [0.15, 0.2) is 0 Å². The Labute approximate surface area is 148 Å². The largest absolute Gasteiger partial charge is 0.337 e. The van der Waals surface area contributed by atoms with Crippen molar-refractivity contribution in [3.8, 4) is 6.07 Å². The molecule has 0 saturated carbocycles. The smallest absolute Gasteiger partial charge is 0.250 e. The lowest BCUT2D eigenvalue weighted by Crippen LogP contribution is -3.06. The van der Waals surface area contributed by atoms with Gasteiger partial charge >= 0.3 is 0 Å². The number of fused-ring (bicyclic) bond motifs is 3. The van der Waals surface area contributed by atoms with E-state index in [9.17, 15) is 5.26 Å². The van der Waals surface area contributed by atoms with Crippen molar-refractivity contribution in [2.45, 2.75) is 13.3 Å². The van der Waals surface area contributed by atoms with Gasteiger partial charge in [0.2, 0.25) is 11.5 Å². The number of aromatic amines is 1. The molecular weight excluding hydrogens is 310 g/mol. The molecule has 3 rings (SSSR count). The summed E-state index contributed by atoms with van der Waals surface area (Å²) >= 11 is 0. The van der Waals surface area contributed by atoms with Gasteiger partial charge in [0, 0.05) is 5.56 Å². The van der Waals surface area contributed by atoms with Crippen LogP contribution in [0, 0.1) is 18.3 Å². The first-order valence-electron chi connectivity index (χ1n) is 8.60. The normalized spacial score (nSPS) is 11.2. The highest BCUT2D eigenvalue weighted by molar-refractivity contribution is 5.78. The monoisotopic (exact) mass is 335 g/mol. The molecule has 3 N–H and O–H groups in total. The van der Waals surface area contributed by atoms with Crippen LogP contribution < -0.4 is 14.6 Å². The molecule has 1 aromatic carbocycles. The van der Waals surface area contributed by atoms with Crippen molar-refractivity contribution in [1.82, 2.24) is 4.98 Å². The molecule has 5 nitrogen and oxygen atoms in total. The molecule has 0 fully saturated rings. The molecule has 0 unspecified atom stereocenters. The molecule has 0 atom stereocenters. The van der Waals surface area contributed by atoms with Crippen molar-refractivity contribution in [2.24, 2.45) is 0 Å². The Morgan fingerprint density at radius 3 is 2.80 bits per heavy atom. The van der Waals surface area contributed by atoms with Gasteiger partial charge < -0.3 is 4.90 Å². The molecular formula is C20H25N5+2. The zero-order valence-electron chi connectivity index (χ0n) is 15.1. The molecule has 0 aliphatic rings. The number of hydrogen-bond donors (Lipinski definition) is 3. The predicted octanol–water partition coefficient (Wildman–Crippen LogP) is 1.37. The maximum absolute atomic E-state index is 9.74. The number of benzene rings is 1. The topological polar surface area (TPSA) is 60.1 Å². The zero-order chi connectivity index (χ0) is 18.0. The number of nitrogens with one attached hydrogen (secondary N) is 3. The van der Waals surface area contributed by atoms with Crippen LogP contribution in [-0.4, -0.2) is 32.2 Å². The highest BCUT2D eigenvalue weighted by Gasteiger charge is 2.24. The summed E-state index contributed by atoms with van der Waals surface area (Å²) in [5.41, 5.74) is 5.76. The maximum atomic E-state index is 9.74. The third-order valence-corrected chi connectivity index (χ3v) is 4.57. The van der Waals surface area contributed by atoms with Crippen molar-refractivity contribution < 1.29 is 9.30 Å². The number of aromatic nitrogens is 2. The molecule has 2 heterocycles. The Hall–Kier alpha value is -2.84. The third kappa shape index (κ3) is 2.97. The minimum absolute atomic E-state index is 0.692. The van der Waals surface area contributed by atoms with Crippen LogP contribution in [0.2, 0.25) is 0 Å². The number of hydrogen-bond acceptors (Lipinski definition) is 2. The van der Waals surface area contributed by atoms with Crippen LogP contribution >= 0.6 is 0 Å². The van der Waals surface area contributed by atoms with E-state index in [1.807, 2.05) is 31.2 Å². The number of para-hydroxylation sites is 2. The van der Waals surface area contributed by atoms with Gasteiger partial charge in [-0.15, -0.1) is 6.58 Å². The van der Waals surface area contributed by atoms with E-state index in [-0.39, 0.29) is 0 Å². The van der Waals surface area contributed by atoms with Crippen molar-refractivity contribution in [2.75, 3.05) is 32.5 Å². The molecule has 0 amide bonds. The average Bonchev–Trinajstić information content (AvgIpc) is 2.96. The summed E-state index contributed by atoms with van der Waals surface area (Å²) < 4.78 is 2.14. The number of allylic oxidation sites excluding steroid dienone is 1. The summed E-state index contributed by atoms with van der Waals surface area (Å²) in [5, 5.41) is 13.3. The summed E-state index contributed by atoms with van der Waals surface area (Å²) in [7, 11) is 4.29. The first-order valence-corrected chi connectivity index (χ1v) is 8.60. The number of likely N-dealkylation sites (N-methyl/N-ethyl adjacent to an activating group) is 1. The molecule has 128 valence electrons. The minimum atomic E-state index is 0.692. The number of anilines is 1. The van der Waals surface area contributed by atoms with E-state index in [1.54, 1.807) is 0 Å². The first kappa shape index (κ1) is 17.0. The van der Waals surface area contributed by atoms with Crippen molar-refractivity contribution >= 4 is 22.5 Å². The van der Waals surface area contributed by atoms with E-state index < -0.39 is 0 Å². The molecule has 0 radical (unpaired) electrons. The fraction of sp³-hybridized carbons (Fsp3) is 0.300. The number of nitriles is 1. The average molecular weight is 335 g/mol. The Balaban J connectivity index is 2.33. The van der Waals surface area contributed by atoms with Crippen LogP contribution in [0.3, 0.4) is 0 Å². The van der Waals surface area contributed by atoms with E-state index in [1.165, 1.54) is 4.90 Å². The van der Waals surface area contributed by atoms with Crippen molar-refractivity contribution in [3.05, 3.63) is 53.6 Å². The van der Waals surface area contributed by atoms with Crippen LogP contribution in [0.1, 0.15) is 16.7 Å². The van der Waals surface area contributed by atoms with Gasteiger partial charge in [-0.3, -0.25) is 10.3 Å². The van der Waals surface area contributed by atoms with Crippen LogP contribution in [-0.2, 0) is 6.42 Å². The van der Waals surface area contributed by atoms with Crippen LogP contribution in [0.25, 0.3) is 16.7 Å². The highest BCUT2D eigenvalue weighted by atomic mass is 15.1. The summed E-state index contributed by atoms with van der Waals surface area (Å²) in [6, 6.07) is 10.5. The summed E-state index contributed by atoms with van der Waals surface area (Å²) in [6.07, 6.45) is 2.62. The molecule has 0 bridgehead atoms. The fourth-order valence-electron chi connectivity index (χ4n) is 3.27.